The molecule has 2 aromatic heterocycles. The van der Waals surface area contributed by atoms with Crippen molar-refractivity contribution in [1.29, 1.82) is 0 Å². The molecule has 0 bridgehead atoms. The Balaban J connectivity index is 1.50. The first-order valence-electron chi connectivity index (χ1n) is 9.33. The van der Waals surface area contributed by atoms with Crippen molar-refractivity contribution in [3.05, 3.63) is 89.4 Å². The third-order valence-electron chi connectivity index (χ3n) is 4.48. The van der Waals surface area contributed by atoms with E-state index in [0.717, 1.165) is 5.56 Å². The summed E-state index contributed by atoms with van der Waals surface area (Å²) in [5.41, 5.74) is 1.89. The molecule has 3 N–H and O–H groups in total. The van der Waals surface area contributed by atoms with E-state index in [2.05, 4.69) is 30.8 Å². The van der Waals surface area contributed by atoms with Crippen LogP contribution in [0.1, 0.15) is 26.3 Å². The molecular weight excluding hydrogens is 399 g/mol. The molecule has 0 fully saturated rings. The van der Waals surface area contributed by atoms with E-state index < -0.39 is 17.6 Å². The van der Waals surface area contributed by atoms with Gasteiger partial charge in [-0.15, -0.1) is 5.10 Å². The van der Waals surface area contributed by atoms with Gasteiger partial charge in [0, 0.05) is 17.4 Å². The number of anilines is 2. The number of hydrogen-bond acceptors (Lipinski definition) is 5. The number of rotatable bonds is 5. The zero-order chi connectivity index (χ0) is 21.8. The third kappa shape index (κ3) is 4.45. The lowest BCUT2D eigenvalue weighted by molar-refractivity contribution is 0.101. The average Bonchev–Trinajstić information content (AvgIpc) is 3.24. The van der Waals surface area contributed by atoms with E-state index in [9.17, 15) is 14.0 Å². The topological polar surface area (TPSA) is 113 Å². The SMILES string of the molecule is Cc1ccc(C(=O)Nc2n[nH]c(-c3ccccn3)n2)cc1NC(=O)c1ccccc1F. The number of aromatic amines is 1. The van der Waals surface area contributed by atoms with Crippen LogP contribution in [-0.4, -0.2) is 32.0 Å². The van der Waals surface area contributed by atoms with Gasteiger partial charge in [0.15, 0.2) is 5.82 Å². The summed E-state index contributed by atoms with van der Waals surface area (Å²) in [6, 6.07) is 15.8. The third-order valence-corrected chi connectivity index (χ3v) is 4.48. The number of nitrogens with zero attached hydrogens (tertiary/aromatic N) is 3. The largest absolute Gasteiger partial charge is 0.322 e. The molecule has 0 radical (unpaired) electrons. The number of nitrogens with one attached hydrogen (secondary N) is 3. The van der Waals surface area contributed by atoms with Crippen LogP contribution in [0, 0.1) is 12.7 Å². The average molecular weight is 416 g/mol. The minimum absolute atomic E-state index is 0.0838. The summed E-state index contributed by atoms with van der Waals surface area (Å²) in [7, 11) is 0. The van der Waals surface area contributed by atoms with E-state index >= 15 is 0 Å². The fourth-order valence-electron chi connectivity index (χ4n) is 2.84. The van der Waals surface area contributed by atoms with Gasteiger partial charge in [-0.1, -0.05) is 24.3 Å². The highest BCUT2D eigenvalue weighted by Gasteiger charge is 2.15. The van der Waals surface area contributed by atoms with Gasteiger partial charge in [-0.2, -0.15) is 4.98 Å². The lowest BCUT2D eigenvalue weighted by Crippen LogP contribution is -2.17. The molecule has 31 heavy (non-hydrogen) atoms. The highest BCUT2D eigenvalue weighted by molar-refractivity contribution is 6.07. The highest BCUT2D eigenvalue weighted by atomic mass is 19.1. The van der Waals surface area contributed by atoms with Crippen molar-refractivity contribution in [3.8, 4) is 11.5 Å². The van der Waals surface area contributed by atoms with Gasteiger partial charge in [-0.25, -0.2) is 4.39 Å². The van der Waals surface area contributed by atoms with Crippen LogP contribution >= 0.6 is 0 Å². The van der Waals surface area contributed by atoms with Crippen LogP contribution < -0.4 is 10.6 Å². The van der Waals surface area contributed by atoms with Gasteiger partial charge < -0.3 is 5.32 Å². The molecule has 8 nitrogen and oxygen atoms in total. The van der Waals surface area contributed by atoms with E-state index in [1.165, 1.54) is 24.3 Å². The maximum Gasteiger partial charge on any atom is 0.258 e. The second-order valence-corrected chi connectivity index (χ2v) is 6.64. The van der Waals surface area contributed by atoms with Crippen LogP contribution in [0.15, 0.2) is 66.9 Å². The smallest absolute Gasteiger partial charge is 0.258 e. The van der Waals surface area contributed by atoms with Gasteiger partial charge in [0.05, 0.1) is 5.56 Å². The molecule has 0 aliphatic heterocycles. The van der Waals surface area contributed by atoms with Crippen LogP contribution in [0.5, 0.6) is 0 Å². The van der Waals surface area contributed by atoms with Crippen molar-refractivity contribution in [2.45, 2.75) is 6.92 Å². The number of hydrogen-bond donors (Lipinski definition) is 3. The number of halogens is 1. The van der Waals surface area contributed by atoms with Crippen molar-refractivity contribution in [1.82, 2.24) is 20.2 Å². The monoisotopic (exact) mass is 416 g/mol. The molecule has 2 aromatic carbocycles. The molecule has 2 amide bonds. The summed E-state index contributed by atoms with van der Waals surface area (Å²) in [6.07, 6.45) is 1.62. The summed E-state index contributed by atoms with van der Waals surface area (Å²) in [5, 5.41) is 11.9. The normalized spacial score (nSPS) is 10.5. The van der Waals surface area contributed by atoms with Crippen LogP contribution in [0.25, 0.3) is 11.5 Å². The Kier molecular flexibility index (Phi) is 5.48. The second-order valence-electron chi connectivity index (χ2n) is 6.64. The molecule has 0 atom stereocenters. The van der Waals surface area contributed by atoms with Gasteiger partial charge >= 0.3 is 0 Å². The van der Waals surface area contributed by atoms with Gasteiger partial charge in [0.25, 0.3) is 11.8 Å². The quantitative estimate of drug-likeness (QED) is 0.458. The predicted molar refractivity (Wildman–Crippen MR) is 113 cm³/mol. The van der Waals surface area contributed by atoms with Gasteiger partial charge in [-0.3, -0.25) is 25.0 Å². The van der Waals surface area contributed by atoms with Crippen LogP contribution in [0.3, 0.4) is 0 Å². The Morgan fingerprint density at radius 1 is 0.968 bits per heavy atom. The predicted octanol–water partition coefficient (Wildman–Crippen LogP) is 3.82. The molecule has 4 aromatic rings. The van der Waals surface area contributed by atoms with Gasteiger partial charge in [0.2, 0.25) is 5.95 Å². The number of carbonyl (C=O) groups is 2. The Bertz CT molecular complexity index is 1260. The Morgan fingerprint density at radius 2 is 1.77 bits per heavy atom. The molecule has 0 saturated carbocycles. The number of pyridine rings is 1. The first-order valence-corrected chi connectivity index (χ1v) is 9.33. The first-order chi connectivity index (χ1) is 15.0. The number of carbonyl (C=O) groups excluding carboxylic acids is 2. The minimum atomic E-state index is -0.625. The van der Waals surface area contributed by atoms with Crippen molar-refractivity contribution in [2.75, 3.05) is 10.6 Å². The summed E-state index contributed by atoms with van der Waals surface area (Å²) in [4.78, 5) is 33.4. The first kappa shape index (κ1) is 19.9. The fourth-order valence-corrected chi connectivity index (χ4v) is 2.84. The number of H-pyrrole nitrogens is 1. The summed E-state index contributed by atoms with van der Waals surface area (Å²) in [6.45, 7) is 1.77. The zero-order valence-corrected chi connectivity index (χ0v) is 16.4. The molecule has 0 aliphatic rings. The summed E-state index contributed by atoms with van der Waals surface area (Å²) >= 11 is 0. The number of amides is 2. The molecule has 2 heterocycles. The molecule has 4 rings (SSSR count). The summed E-state index contributed by atoms with van der Waals surface area (Å²) in [5.74, 6) is -1.19. The molecular formula is C22H17FN6O2. The zero-order valence-electron chi connectivity index (χ0n) is 16.4. The van der Waals surface area contributed by atoms with Crippen LogP contribution in [-0.2, 0) is 0 Å². The lowest BCUT2D eigenvalue weighted by atomic mass is 10.1. The molecule has 0 unspecified atom stereocenters. The number of aryl methyl sites for hydroxylation is 1. The molecule has 154 valence electrons. The maximum atomic E-state index is 13.9. The van der Waals surface area contributed by atoms with E-state index in [1.54, 1.807) is 43.5 Å². The molecule has 0 aliphatic carbocycles. The van der Waals surface area contributed by atoms with Gasteiger partial charge in [-0.05, 0) is 48.9 Å². The van der Waals surface area contributed by atoms with Gasteiger partial charge in [0.1, 0.15) is 11.5 Å². The van der Waals surface area contributed by atoms with Crippen molar-refractivity contribution < 1.29 is 14.0 Å². The number of benzene rings is 2. The summed E-state index contributed by atoms with van der Waals surface area (Å²) < 4.78 is 13.9. The van der Waals surface area contributed by atoms with E-state index in [4.69, 9.17) is 0 Å². The standard InChI is InChI=1S/C22H17FN6O2/c1-13-9-10-14(12-18(13)25-21(31)15-6-2-3-7-16(15)23)20(30)27-22-26-19(28-29-22)17-8-4-5-11-24-17/h2-12H,1H3,(H,25,31)(H2,26,27,28,29,30). The number of aromatic nitrogens is 4. The van der Waals surface area contributed by atoms with Crippen molar-refractivity contribution in [3.63, 3.8) is 0 Å². The van der Waals surface area contributed by atoms with E-state index in [1.807, 2.05) is 6.07 Å². The highest BCUT2D eigenvalue weighted by Crippen LogP contribution is 2.20. The van der Waals surface area contributed by atoms with Crippen LogP contribution in [0.4, 0.5) is 16.0 Å². The van der Waals surface area contributed by atoms with E-state index in [0.29, 0.717) is 17.2 Å². The van der Waals surface area contributed by atoms with Crippen molar-refractivity contribution in [2.24, 2.45) is 0 Å². The lowest BCUT2D eigenvalue weighted by Gasteiger charge is -2.11. The molecule has 0 saturated heterocycles. The Hall–Kier alpha value is -4.40. The minimum Gasteiger partial charge on any atom is -0.322 e. The Labute approximate surface area is 176 Å². The molecule has 0 spiro atoms. The fraction of sp³-hybridized carbons (Fsp3) is 0.0455. The van der Waals surface area contributed by atoms with Crippen molar-refractivity contribution >= 4 is 23.5 Å². The molecule has 9 heteroatoms. The second kappa shape index (κ2) is 8.54. The Morgan fingerprint density at radius 3 is 2.55 bits per heavy atom. The van der Waals surface area contributed by atoms with E-state index in [-0.39, 0.29) is 17.1 Å². The van der Waals surface area contributed by atoms with Crippen LogP contribution in [0.2, 0.25) is 0 Å². The maximum absolute atomic E-state index is 13.9.